The largest absolute Gasteiger partial charge is 0.618 e. The van der Waals surface area contributed by atoms with Crippen molar-refractivity contribution in [3.05, 3.63) is 34.8 Å². The van der Waals surface area contributed by atoms with Crippen LogP contribution >= 0.6 is 0 Å². The minimum absolute atomic E-state index is 0.300. The summed E-state index contributed by atoms with van der Waals surface area (Å²) >= 11 is 0. The van der Waals surface area contributed by atoms with Crippen LogP contribution in [0.1, 0.15) is 31.0 Å². The molecule has 0 aromatic carbocycles. The highest BCUT2D eigenvalue weighted by atomic mass is 16.5. The van der Waals surface area contributed by atoms with Gasteiger partial charge in [0, 0.05) is 17.5 Å². The lowest BCUT2D eigenvalue weighted by molar-refractivity contribution is -0.615. The van der Waals surface area contributed by atoms with Gasteiger partial charge in [0.1, 0.15) is 0 Å². The summed E-state index contributed by atoms with van der Waals surface area (Å²) in [6, 6.07) is 3.73. The van der Waals surface area contributed by atoms with Gasteiger partial charge in [0.25, 0.3) is 0 Å². The lowest BCUT2D eigenvalue weighted by Crippen LogP contribution is -2.32. The molecule has 1 rings (SSSR count). The fraction of sp³-hybridized carbons (Fsp3) is 0.444. The fourth-order valence-electron chi connectivity index (χ4n) is 1.31. The molecule has 0 saturated heterocycles. The number of hydrogen-bond acceptors (Lipinski definition) is 1. The molecule has 0 atom stereocenters. The van der Waals surface area contributed by atoms with Crippen LogP contribution in [-0.2, 0) is 0 Å². The van der Waals surface area contributed by atoms with E-state index in [1.807, 2.05) is 26.8 Å². The summed E-state index contributed by atoms with van der Waals surface area (Å²) in [7, 11) is 0. The van der Waals surface area contributed by atoms with E-state index in [0.29, 0.717) is 5.92 Å². The maximum absolute atomic E-state index is 11.2. The van der Waals surface area contributed by atoms with Crippen molar-refractivity contribution in [2.75, 3.05) is 0 Å². The molecule has 0 spiro atoms. The third-order valence-corrected chi connectivity index (χ3v) is 1.76. The smallest absolute Gasteiger partial charge is 0.198 e. The highest BCUT2D eigenvalue weighted by Gasteiger charge is 2.11. The van der Waals surface area contributed by atoms with Crippen LogP contribution < -0.4 is 4.73 Å². The number of hydrogen-bond donors (Lipinski definition) is 0. The Morgan fingerprint density at radius 3 is 2.45 bits per heavy atom. The summed E-state index contributed by atoms with van der Waals surface area (Å²) in [5.41, 5.74) is 1.94. The molecular weight excluding hydrogens is 138 g/mol. The molecule has 60 valence electrons. The molecule has 1 aromatic heterocycles. The Bertz CT molecular complexity index is 235. The van der Waals surface area contributed by atoms with Gasteiger partial charge in [-0.05, 0) is 13.0 Å². The van der Waals surface area contributed by atoms with E-state index in [1.165, 1.54) is 0 Å². The van der Waals surface area contributed by atoms with Crippen LogP contribution in [0, 0.1) is 12.1 Å². The third kappa shape index (κ3) is 1.50. The molecule has 2 heteroatoms. The lowest BCUT2D eigenvalue weighted by Gasteiger charge is -2.08. The van der Waals surface area contributed by atoms with Crippen molar-refractivity contribution in [3.63, 3.8) is 0 Å². The number of nitrogens with zero attached hydrogens (tertiary/aromatic N) is 1. The Kier molecular flexibility index (Phi) is 2.13. The van der Waals surface area contributed by atoms with Crippen molar-refractivity contribution in [1.82, 2.24) is 0 Å². The average Bonchev–Trinajstić information content (AvgIpc) is 1.85. The van der Waals surface area contributed by atoms with Crippen LogP contribution in [0.3, 0.4) is 0 Å². The van der Waals surface area contributed by atoms with Gasteiger partial charge >= 0.3 is 0 Å². The van der Waals surface area contributed by atoms with Gasteiger partial charge in [0.05, 0.1) is 0 Å². The van der Waals surface area contributed by atoms with E-state index >= 15 is 0 Å². The molecule has 0 unspecified atom stereocenters. The zero-order valence-electron chi connectivity index (χ0n) is 7.16. The van der Waals surface area contributed by atoms with Crippen molar-refractivity contribution in [1.29, 1.82) is 0 Å². The molecular formula is C9H13NO. The van der Waals surface area contributed by atoms with Gasteiger partial charge in [-0.2, -0.15) is 4.73 Å². The molecule has 11 heavy (non-hydrogen) atoms. The predicted octanol–water partition coefficient (Wildman–Crippen LogP) is 1.75. The van der Waals surface area contributed by atoms with Crippen LogP contribution in [0.5, 0.6) is 0 Å². The molecule has 0 aliphatic heterocycles. The highest BCUT2D eigenvalue weighted by molar-refractivity contribution is 5.16. The monoisotopic (exact) mass is 151 g/mol. The first-order valence-corrected chi connectivity index (χ1v) is 3.81. The molecule has 0 radical (unpaired) electrons. The molecule has 0 bridgehead atoms. The molecule has 0 amide bonds. The van der Waals surface area contributed by atoms with Crippen molar-refractivity contribution >= 4 is 0 Å². The molecule has 1 heterocycles. The predicted molar refractivity (Wildman–Crippen MR) is 44.2 cm³/mol. The van der Waals surface area contributed by atoms with Crippen molar-refractivity contribution < 1.29 is 4.73 Å². The Morgan fingerprint density at radius 2 is 2.09 bits per heavy atom. The Labute approximate surface area is 67.1 Å². The van der Waals surface area contributed by atoms with E-state index < -0.39 is 0 Å². The van der Waals surface area contributed by atoms with E-state index in [9.17, 15) is 5.21 Å². The van der Waals surface area contributed by atoms with E-state index in [1.54, 1.807) is 12.3 Å². The van der Waals surface area contributed by atoms with Crippen LogP contribution in [-0.4, -0.2) is 0 Å². The maximum Gasteiger partial charge on any atom is 0.198 e. The van der Waals surface area contributed by atoms with Crippen molar-refractivity contribution in [2.24, 2.45) is 0 Å². The normalized spacial score (nSPS) is 10.5. The van der Waals surface area contributed by atoms with Gasteiger partial charge in [0.2, 0.25) is 0 Å². The Morgan fingerprint density at radius 1 is 1.45 bits per heavy atom. The van der Waals surface area contributed by atoms with E-state index in [4.69, 9.17) is 0 Å². The first-order valence-electron chi connectivity index (χ1n) is 3.81. The first-order chi connectivity index (χ1) is 5.13. The standard InChI is InChI=1S/C9H13NO/c1-7(2)9-8(3)5-4-6-10(9)11/h4-7H,1-3H3. The molecule has 0 aliphatic rings. The zero-order valence-corrected chi connectivity index (χ0v) is 7.16. The topological polar surface area (TPSA) is 26.9 Å². The minimum atomic E-state index is 0.300. The molecule has 0 aliphatic carbocycles. The summed E-state index contributed by atoms with van der Waals surface area (Å²) < 4.78 is 0.944. The Balaban J connectivity index is 3.21. The lowest BCUT2D eigenvalue weighted by atomic mass is 10.1. The minimum Gasteiger partial charge on any atom is -0.618 e. The van der Waals surface area contributed by atoms with E-state index in [2.05, 4.69) is 0 Å². The van der Waals surface area contributed by atoms with E-state index in [-0.39, 0.29) is 0 Å². The van der Waals surface area contributed by atoms with Gasteiger partial charge in [-0.25, -0.2) is 0 Å². The summed E-state index contributed by atoms with van der Waals surface area (Å²) in [5, 5.41) is 11.2. The number of aromatic nitrogens is 1. The van der Waals surface area contributed by atoms with Crippen LogP contribution in [0.2, 0.25) is 0 Å². The van der Waals surface area contributed by atoms with Crippen LogP contribution in [0.4, 0.5) is 0 Å². The highest BCUT2D eigenvalue weighted by Crippen LogP contribution is 2.12. The second kappa shape index (κ2) is 2.91. The van der Waals surface area contributed by atoms with Gasteiger partial charge in [-0.15, -0.1) is 0 Å². The molecule has 0 N–H and O–H groups in total. The quantitative estimate of drug-likeness (QED) is 0.443. The summed E-state index contributed by atoms with van der Waals surface area (Å²) in [4.78, 5) is 0. The number of pyridine rings is 1. The number of aryl methyl sites for hydroxylation is 1. The second-order valence-electron chi connectivity index (χ2n) is 3.06. The average molecular weight is 151 g/mol. The van der Waals surface area contributed by atoms with Gasteiger partial charge in [-0.1, -0.05) is 13.8 Å². The summed E-state index contributed by atoms with van der Waals surface area (Å²) in [6.45, 7) is 6.01. The van der Waals surface area contributed by atoms with Gasteiger partial charge in [-0.3, -0.25) is 0 Å². The van der Waals surface area contributed by atoms with Crippen molar-refractivity contribution in [3.8, 4) is 0 Å². The van der Waals surface area contributed by atoms with Gasteiger partial charge in [0.15, 0.2) is 11.9 Å². The third-order valence-electron chi connectivity index (χ3n) is 1.76. The van der Waals surface area contributed by atoms with Gasteiger partial charge < -0.3 is 5.21 Å². The van der Waals surface area contributed by atoms with Crippen LogP contribution in [0.15, 0.2) is 18.3 Å². The fourth-order valence-corrected chi connectivity index (χ4v) is 1.31. The Hall–Kier alpha value is -1.05. The number of rotatable bonds is 1. The molecule has 1 aromatic rings. The molecule has 0 saturated carbocycles. The summed E-state index contributed by atoms with van der Waals surface area (Å²) in [5.74, 6) is 0.300. The second-order valence-corrected chi connectivity index (χ2v) is 3.06. The summed E-state index contributed by atoms with van der Waals surface area (Å²) in [6.07, 6.45) is 1.54. The van der Waals surface area contributed by atoms with Crippen LogP contribution in [0.25, 0.3) is 0 Å². The molecule has 0 fully saturated rings. The zero-order chi connectivity index (χ0) is 8.43. The van der Waals surface area contributed by atoms with E-state index in [0.717, 1.165) is 16.0 Å². The maximum atomic E-state index is 11.2. The first kappa shape index (κ1) is 8.05. The molecule has 2 nitrogen and oxygen atoms in total. The SMILES string of the molecule is Cc1ccc[n+]([O-])c1C(C)C. The van der Waals surface area contributed by atoms with Crippen molar-refractivity contribution in [2.45, 2.75) is 26.7 Å².